The van der Waals surface area contributed by atoms with Crippen molar-refractivity contribution in [1.82, 2.24) is 4.31 Å². The largest absolute Gasteiger partial charge is 0.399 e. The summed E-state index contributed by atoms with van der Waals surface area (Å²) in [5.74, 6) is 0. The second-order valence-electron chi connectivity index (χ2n) is 4.68. The summed E-state index contributed by atoms with van der Waals surface area (Å²) in [5, 5.41) is 0. The number of fused-ring (bicyclic) bond motifs is 1. The SMILES string of the molecule is Nc1ccc2c(c1)CN(S(=O)(=O)c1ccc(Cl)s1)CC2. The zero-order chi connectivity index (χ0) is 14.3. The molecule has 0 saturated heterocycles. The van der Waals surface area contributed by atoms with Crippen molar-refractivity contribution in [2.24, 2.45) is 0 Å². The molecule has 0 fully saturated rings. The first-order valence-corrected chi connectivity index (χ1v) is 8.73. The summed E-state index contributed by atoms with van der Waals surface area (Å²) in [4.78, 5) is 0. The molecule has 7 heteroatoms. The number of hydrogen-bond acceptors (Lipinski definition) is 4. The number of rotatable bonds is 2. The van der Waals surface area contributed by atoms with Crippen LogP contribution in [0.3, 0.4) is 0 Å². The van der Waals surface area contributed by atoms with Gasteiger partial charge in [-0.25, -0.2) is 8.42 Å². The fourth-order valence-corrected chi connectivity index (χ4v) is 5.38. The second kappa shape index (κ2) is 5.04. The van der Waals surface area contributed by atoms with E-state index in [1.807, 2.05) is 18.2 Å². The summed E-state index contributed by atoms with van der Waals surface area (Å²) in [7, 11) is -3.47. The maximum atomic E-state index is 12.5. The Morgan fingerprint density at radius 3 is 2.70 bits per heavy atom. The Balaban J connectivity index is 1.93. The van der Waals surface area contributed by atoms with Gasteiger partial charge in [-0.15, -0.1) is 11.3 Å². The minimum Gasteiger partial charge on any atom is -0.399 e. The molecule has 0 unspecified atom stereocenters. The lowest BCUT2D eigenvalue weighted by molar-refractivity contribution is 0.392. The molecule has 20 heavy (non-hydrogen) atoms. The van der Waals surface area contributed by atoms with Gasteiger partial charge in [0.2, 0.25) is 0 Å². The van der Waals surface area contributed by atoms with Crippen molar-refractivity contribution >= 4 is 38.6 Å². The fraction of sp³-hybridized carbons (Fsp3) is 0.231. The van der Waals surface area contributed by atoms with E-state index in [1.54, 1.807) is 12.1 Å². The summed E-state index contributed by atoms with van der Waals surface area (Å²) < 4.78 is 27.3. The molecule has 0 atom stereocenters. The number of halogens is 1. The van der Waals surface area contributed by atoms with Crippen LogP contribution in [0.4, 0.5) is 5.69 Å². The summed E-state index contributed by atoms with van der Waals surface area (Å²) in [6.07, 6.45) is 0.702. The zero-order valence-corrected chi connectivity index (χ0v) is 12.9. The molecule has 0 spiro atoms. The van der Waals surface area contributed by atoms with E-state index in [0.29, 0.717) is 29.5 Å². The van der Waals surface area contributed by atoms with E-state index < -0.39 is 10.0 Å². The molecule has 2 heterocycles. The van der Waals surface area contributed by atoms with Crippen LogP contribution in [0, 0.1) is 0 Å². The third-order valence-electron chi connectivity index (χ3n) is 3.35. The quantitative estimate of drug-likeness (QED) is 0.862. The first-order chi connectivity index (χ1) is 9.46. The van der Waals surface area contributed by atoms with Gasteiger partial charge in [0.1, 0.15) is 4.21 Å². The number of nitrogen functional groups attached to an aromatic ring is 1. The van der Waals surface area contributed by atoms with Crippen LogP contribution in [0.25, 0.3) is 0 Å². The van der Waals surface area contributed by atoms with Crippen molar-refractivity contribution in [1.29, 1.82) is 0 Å². The lowest BCUT2D eigenvalue weighted by Gasteiger charge is -2.27. The molecule has 2 aromatic rings. The highest BCUT2D eigenvalue weighted by Crippen LogP contribution is 2.31. The van der Waals surface area contributed by atoms with E-state index >= 15 is 0 Å². The van der Waals surface area contributed by atoms with Crippen molar-refractivity contribution in [3.8, 4) is 0 Å². The van der Waals surface area contributed by atoms with Crippen molar-refractivity contribution in [3.05, 3.63) is 45.8 Å². The molecule has 1 aromatic heterocycles. The molecule has 0 amide bonds. The smallest absolute Gasteiger partial charge is 0.252 e. The maximum Gasteiger partial charge on any atom is 0.252 e. The standard InChI is InChI=1S/C13H13ClN2O2S2/c14-12-3-4-13(19-12)20(17,18)16-6-5-9-1-2-11(15)7-10(9)8-16/h1-4,7H,5-6,8,15H2. The molecule has 1 aromatic carbocycles. The van der Waals surface area contributed by atoms with E-state index in [1.165, 1.54) is 4.31 Å². The first-order valence-electron chi connectivity index (χ1n) is 6.09. The number of sulfonamides is 1. The normalized spacial score (nSPS) is 16.1. The molecular weight excluding hydrogens is 316 g/mol. The molecule has 1 aliphatic rings. The van der Waals surface area contributed by atoms with Crippen molar-refractivity contribution < 1.29 is 8.42 Å². The van der Waals surface area contributed by atoms with Crippen molar-refractivity contribution in [3.63, 3.8) is 0 Å². The van der Waals surface area contributed by atoms with Gasteiger partial charge in [0.15, 0.2) is 0 Å². The van der Waals surface area contributed by atoms with E-state index in [4.69, 9.17) is 17.3 Å². The van der Waals surface area contributed by atoms with Gasteiger partial charge < -0.3 is 5.73 Å². The lowest BCUT2D eigenvalue weighted by atomic mass is 10.0. The molecule has 2 N–H and O–H groups in total. The van der Waals surface area contributed by atoms with Crippen LogP contribution >= 0.6 is 22.9 Å². The van der Waals surface area contributed by atoms with E-state index in [9.17, 15) is 8.42 Å². The third kappa shape index (κ3) is 2.44. The van der Waals surface area contributed by atoms with Gasteiger partial charge in [0.25, 0.3) is 10.0 Å². The monoisotopic (exact) mass is 328 g/mol. The van der Waals surface area contributed by atoms with E-state index in [0.717, 1.165) is 22.5 Å². The number of hydrogen-bond donors (Lipinski definition) is 1. The predicted octanol–water partition coefficient (Wildman–Crippen LogP) is 2.73. The summed E-state index contributed by atoms with van der Waals surface area (Å²) >= 11 is 6.91. The summed E-state index contributed by atoms with van der Waals surface area (Å²) in [6, 6.07) is 8.82. The number of benzene rings is 1. The number of nitrogens with two attached hydrogens (primary N) is 1. The van der Waals surface area contributed by atoms with Crippen LogP contribution < -0.4 is 5.73 Å². The van der Waals surface area contributed by atoms with Gasteiger partial charge >= 0.3 is 0 Å². The average molecular weight is 329 g/mol. The minimum absolute atomic E-state index is 0.287. The van der Waals surface area contributed by atoms with Crippen LogP contribution in [0.2, 0.25) is 4.34 Å². The second-order valence-corrected chi connectivity index (χ2v) is 8.56. The van der Waals surface area contributed by atoms with Crippen LogP contribution in [-0.2, 0) is 23.0 Å². The molecule has 106 valence electrons. The Bertz CT molecular complexity index is 755. The predicted molar refractivity (Wildman–Crippen MR) is 81.5 cm³/mol. The average Bonchev–Trinajstić information content (AvgIpc) is 2.85. The van der Waals surface area contributed by atoms with Gasteiger partial charge in [-0.2, -0.15) is 4.31 Å². The zero-order valence-electron chi connectivity index (χ0n) is 10.5. The molecule has 1 aliphatic heterocycles. The van der Waals surface area contributed by atoms with Gasteiger partial charge in [-0.3, -0.25) is 0 Å². The fourth-order valence-electron chi connectivity index (χ4n) is 2.32. The number of thiophene rings is 1. The minimum atomic E-state index is -3.47. The van der Waals surface area contributed by atoms with Crippen LogP contribution in [0.1, 0.15) is 11.1 Å². The molecule has 0 aliphatic carbocycles. The maximum absolute atomic E-state index is 12.5. The van der Waals surface area contributed by atoms with Gasteiger partial charge in [-0.1, -0.05) is 17.7 Å². The van der Waals surface area contributed by atoms with Crippen LogP contribution in [0.5, 0.6) is 0 Å². The first kappa shape index (κ1) is 13.9. The van der Waals surface area contributed by atoms with E-state index in [2.05, 4.69) is 0 Å². The Kier molecular flexibility index (Phi) is 3.50. The highest BCUT2D eigenvalue weighted by atomic mass is 35.5. The number of anilines is 1. The summed E-state index contributed by atoms with van der Waals surface area (Å²) in [5.41, 5.74) is 8.56. The third-order valence-corrected chi connectivity index (χ3v) is 6.89. The lowest BCUT2D eigenvalue weighted by Crippen LogP contribution is -2.35. The Hall–Kier alpha value is -1.08. The highest BCUT2D eigenvalue weighted by Gasteiger charge is 2.29. The molecule has 4 nitrogen and oxygen atoms in total. The summed E-state index contributed by atoms with van der Waals surface area (Å²) in [6.45, 7) is 0.840. The highest BCUT2D eigenvalue weighted by molar-refractivity contribution is 7.91. The molecule has 0 bridgehead atoms. The Morgan fingerprint density at radius 2 is 2.00 bits per heavy atom. The molecule has 0 radical (unpaired) electrons. The van der Waals surface area contributed by atoms with Gasteiger partial charge in [0, 0.05) is 18.8 Å². The molecule has 3 rings (SSSR count). The number of nitrogens with zero attached hydrogens (tertiary/aromatic N) is 1. The van der Waals surface area contributed by atoms with Gasteiger partial charge in [0.05, 0.1) is 4.34 Å². The topological polar surface area (TPSA) is 63.4 Å². The Morgan fingerprint density at radius 1 is 1.20 bits per heavy atom. The molecular formula is C13H13ClN2O2S2. The van der Waals surface area contributed by atoms with Crippen LogP contribution in [0.15, 0.2) is 34.5 Å². The molecule has 0 saturated carbocycles. The van der Waals surface area contributed by atoms with Gasteiger partial charge in [-0.05, 0) is 41.8 Å². The van der Waals surface area contributed by atoms with E-state index in [-0.39, 0.29) is 4.21 Å². The van der Waals surface area contributed by atoms with Crippen molar-refractivity contribution in [2.75, 3.05) is 12.3 Å². The Labute approximate surface area is 126 Å². The van der Waals surface area contributed by atoms with Crippen LogP contribution in [-0.4, -0.2) is 19.3 Å². The van der Waals surface area contributed by atoms with Crippen molar-refractivity contribution in [2.45, 2.75) is 17.2 Å².